The highest BCUT2D eigenvalue weighted by Crippen LogP contribution is 2.19. The summed E-state index contributed by atoms with van der Waals surface area (Å²) in [5, 5.41) is 11.8. The Labute approximate surface area is 153 Å². The van der Waals surface area contributed by atoms with Gasteiger partial charge in [-0.15, -0.1) is 0 Å². The molecule has 1 aromatic heterocycles. The van der Waals surface area contributed by atoms with Gasteiger partial charge in [0.05, 0.1) is 18.1 Å². The number of aliphatic carboxylic acids is 1. The van der Waals surface area contributed by atoms with Crippen LogP contribution in [0.2, 0.25) is 0 Å². The van der Waals surface area contributed by atoms with E-state index in [9.17, 15) is 9.59 Å². The number of nitrogens with zero attached hydrogens (tertiary/aromatic N) is 3. The molecular weight excluding hydrogens is 336 g/mol. The minimum Gasteiger partial charge on any atom is -0.481 e. The molecular formula is C18H26N4O4. The molecule has 0 saturated carbocycles. The number of likely N-dealkylation sites (tertiary alicyclic amines) is 1. The summed E-state index contributed by atoms with van der Waals surface area (Å²) in [5.41, 5.74) is 0.908. The van der Waals surface area contributed by atoms with Crippen molar-refractivity contribution in [2.24, 2.45) is 5.92 Å². The lowest BCUT2D eigenvalue weighted by Gasteiger charge is -2.36. The fraction of sp³-hybridized carbons (Fsp3) is 0.611. The summed E-state index contributed by atoms with van der Waals surface area (Å²) in [6.45, 7) is 6.86. The minimum absolute atomic E-state index is 0.176. The third kappa shape index (κ3) is 4.43. The number of pyridine rings is 1. The van der Waals surface area contributed by atoms with E-state index in [-0.39, 0.29) is 24.8 Å². The second kappa shape index (κ2) is 7.90. The Kier molecular flexibility index (Phi) is 5.61. The van der Waals surface area contributed by atoms with Gasteiger partial charge < -0.3 is 25.0 Å². The number of carboxylic acids is 1. The van der Waals surface area contributed by atoms with Gasteiger partial charge in [0.1, 0.15) is 5.82 Å². The molecule has 2 aliphatic heterocycles. The Morgan fingerprint density at radius 3 is 2.58 bits per heavy atom. The Balaban J connectivity index is 1.50. The normalized spacial score (nSPS) is 26.0. The third-order valence-corrected chi connectivity index (χ3v) is 4.82. The maximum atomic E-state index is 12.2. The van der Waals surface area contributed by atoms with Crippen molar-refractivity contribution in [3.05, 3.63) is 23.9 Å². The molecule has 0 spiro atoms. The van der Waals surface area contributed by atoms with Gasteiger partial charge in [-0.05, 0) is 31.9 Å². The number of carbonyl (C=O) groups excluding carboxylic acids is 1. The third-order valence-electron chi connectivity index (χ3n) is 4.82. The number of morpholine rings is 1. The predicted octanol–water partition coefficient (Wildman–Crippen LogP) is 1.31. The number of aromatic nitrogens is 1. The zero-order chi connectivity index (χ0) is 18.7. The van der Waals surface area contributed by atoms with Crippen molar-refractivity contribution < 1.29 is 19.4 Å². The van der Waals surface area contributed by atoms with Crippen molar-refractivity contribution in [2.75, 3.05) is 31.1 Å². The largest absolute Gasteiger partial charge is 0.481 e. The van der Waals surface area contributed by atoms with Crippen LogP contribution in [0.3, 0.4) is 0 Å². The lowest BCUT2D eigenvalue weighted by Crippen LogP contribution is -2.45. The molecule has 2 aliphatic rings. The number of rotatable bonds is 4. The average Bonchev–Trinajstić information content (AvgIpc) is 3.10. The van der Waals surface area contributed by atoms with Crippen LogP contribution in [0.1, 0.15) is 25.8 Å². The van der Waals surface area contributed by atoms with Crippen LogP contribution >= 0.6 is 0 Å². The number of urea groups is 1. The first-order valence-corrected chi connectivity index (χ1v) is 9.03. The minimum atomic E-state index is -0.841. The molecule has 2 amide bonds. The molecule has 3 rings (SSSR count). The zero-order valence-corrected chi connectivity index (χ0v) is 15.2. The van der Waals surface area contributed by atoms with Crippen molar-refractivity contribution in [1.82, 2.24) is 15.2 Å². The van der Waals surface area contributed by atoms with Crippen molar-refractivity contribution in [1.29, 1.82) is 0 Å². The number of nitrogens with one attached hydrogen (secondary N) is 1. The van der Waals surface area contributed by atoms with Gasteiger partial charge in [-0.25, -0.2) is 9.78 Å². The first-order chi connectivity index (χ1) is 12.4. The van der Waals surface area contributed by atoms with E-state index in [0.29, 0.717) is 19.5 Å². The summed E-state index contributed by atoms with van der Waals surface area (Å²) in [7, 11) is 0. The van der Waals surface area contributed by atoms with Crippen LogP contribution in [0, 0.1) is 5.92 Å². The molecule has 2 fully saturated rings. The summed E-state index contributed by atoms with van der Waals surface area (Å²) in [6.07, 6.45) is 2.63. The fourth-order valence-electron chi connectivity index (χ4n) is 3.51. The van der Waals surface area contributed by atoms with Gasteiger partial charge >= 0.3 is 12.0 Å². The topological polar surface area (TPSA) is 95.0 Å². The summed E-state index contributed by atoms with van der Waals surface area (Å²) < 4.78 is 5.74. The van der Waals surface area contributed by atoms with E-state index in [4.69, 9.17) is 9.84 Å². The van der Waals surface area contributed by atoms with Gasteiger partial charge in [-0.3, -0.25) is 4.79 Å². The second-order valence-corrected chi connectivity index (χ2v) is 7.12. The smallest absolute Gasteiger partial charge is 0.317 e. The molecule has 142 valence electrons. The van der Waals surface area contributed by atoms with Crippen LogP contribution in [0.15, 0.2) is 18.3 Å². The predicted molar refractivity (Wildman–Crippen MR) is 96.0 cm³/mol. The molecule has 0 radical (unpaired) electrons. The second-order valence-electron chi connectivity index (χ2n) is 7.12. The van der Waals surface area contributed by atoms with Crippen molar-refractivity contribution in [3.63, 3.8) is 0 Å². The highest BCUT2D eigenvalue weighted by Gasteiger charge is 2.30. The van der Waals surface area contributed by atoms with Crippen LogP contribution in [0.5, 0.6) is 0 Å². The van der Waals surface area contributed by atoms with E-state index < -0.39 is 11.9 Å². The molecule has 8 nitrogen and oxygen atoms in total. The van der Waals surface area contributed by atoms with Crippen LogP contribution < -0.4 is 10.2 Å². The zero-order valence-electron chi connectivity index (χ0n) is 15.2. The van der Waals surface area contributed by atoms with E-state index in [1.54, 1.807) is 11.1 Å². The molecule has 3 unspecified atom stereocenters. The SMILES string of the molecule is CC1CN(c2ccc(CNC(=O)N3CCC(C(=O)O)C3)cn2)CC(C)O1. The van der Waals surface area contributed by atoms with Crippen molar-refractivity contribution in [2.45, 2.75) is 39.0 Å². The van der Waals surface area contributed by atoms with Gasteiger partial charge in [0.25, 0.3) is 0 Å². The lowest BCUT2D eigenvalue weighted by atomic mass is 10.1. The van der Waals surface area contributed by atoms with E-state index in [1.165, 1.54) is 0 Å². The molecule has 3 heterocycles. The Bertz CT molecular complexity index is 641. The summed E-state index contributed by atoms with van der Waals surface area (Å²) in [6, 6.07) is 3.69. The Hall–Kier alpha value is -2.35. The molecule has 8 heteroatoms. The first kappa shape index (κ1) is 18.4. The average molecular weight is 362 g/mol. The van der Waals surface area contributed by atoms with Crippen LogP contribution in [0.25, 0.3) is 0 Å². The van der Waals surface area contributed by atoms with E-state index in [2.05, 4.69) is 29.0 Å². The lowest BCUT2D eigenvalue weighted by molar-refractivity contribution is -0.141. The van der Waals surface area contributed by atoms with Gasteiger partial charge in [-0.1, -0.05) is 6.07 Å². The van der Waals surface area contributed by atoms with Gasteiger partial charge in [-0.2, -0.15) is 0 Å². The number of hydrogen-bond donors (Lipinski definition) is 2. The van der Waals surface area contributed by atoms with Crippen LogP contribution in [0.4, 0.5) is 10.6 Å². The maximum Gasteiger partial charge on any atom is 0.317 e. The summed E-state index contributed by atoms with van der Waals surface area (Å²) in [5.74, 6) is -0.391. The van der Waals surface area contributed by atoms with Gasteiger partial charge in [0.15, 0.2) is 0 Å². The van der Waals surface area contributed by atoms with Crippen LogP contribution in [-0.2, 0) is 16.1 Å². The quantitative estimate of drug-likeness (QED) is 0.839. The molecule has 1 aromatic rings. The van der Waals surface area contributed by atoms with E-state index in [0.717, 1.165) is 24.5 Å². The molecule has 3 atom stereocenters. The Morgan fingerprint density at radius 2 is 2.00 bits per heavy atom. The number of amides is 2. The molecule has 26 heavy (non-hydrogen) atoms. The van der Waals surface area contributed by atoms with Gasteiger partial charge in [0, 0.05) is 38.9 Å². The summed E-state index contributed by atoms with van der Waals surface area (Å²) >= 11 is 0. The number of ether oxygens (including phenoxy) is 1. The molecule has 0 bridgehead atoms. The molecule has 2 N–H and O–H groups in total. The van der Waals surface area contributed by atoms with Crippen molar-refractivity contribution in [3.8, 4) is 0 Å². The fourth-order valence-corrected chi connectivity index (χ4v) is 3.51. The molecule has 0 aliphatic carbocycles. The number of carboxylic acid groups (broad SMARTS) is 1. The molecule has 2 saturated heterocycles. The maximum absolute atomic E-state index is 12.2. The number of carbonyl (C=O) groups is 2. The molecule has 0 aromatic carbocycles. The van der Waals surface area contributed by atoms with Gasteiger partial charge in [0.2, 0.25) is 0 Å². The monoisotopic (exact) mass is 362 g/mol. The highest BCUT2D eigenvalue weighted by molar-refractivity contribution is 5.77. The standard InChI is InChI=1S/C18H26N4O4/c1-12-9-22(10-13(2)26-12)16-4-3-14(7-19-16)8-20-18(25)21-6-5-15(11-21)17(23)24/h3-4,7,12-13,15H,5-6,8-11H2,1-2H3,(H,20,25)(H,23,24). The highest BCUT2D eigenvalue weighted by atomic mass is 16.5. The van der Waals surface area contributed by atoms with E-state index in [1.807, 2.05) is 12.1 Å². The summed E-state index contributed by atoms with van der Waals surface area (Å²) in [4.78, 5) is 31.4. The van der Waals surface area contributed by atoms with E-state index >= 15 is 0 Å². The first-order valence-electron chi connectivity index (χ1n) is 9.03. The number of anilines is 1. The van der Waals surface area contributed by atoms with Crippen LogP contribution in [-0.4, -0.2) is 65.4 Å². The van der Waals surface area contributed by atoms with Crippen molar-refractivity contribution >= 4 is 17.8 Å². The number of hydrogen-bond acceptors (Lipinski definition) is 5. The Morgan fingerprint density at radius 1 is 1.27 bits per heavy atom.